The van der Waals surface area contributed by atoms with Crippen LogP contribution in [-0.2, 0) is 42.2 Å². The zero-order valence-corrected chi connectivity index (χ0v) is 49.7. The van der Waals surface area contributed by atoms with Crippen molar-refractivity contribution >= 4 is 25.7 Å². The van der Waals surface area contributed by atoms with Gasteiger partial charge in [0.2, 0.25) is 0 Å². The number of phosphoric acid groups is 1. The van der Waals surface area contributed by atoms with Crippen molar-refractivity contribution < 1.29 is 52.2 Å². The van der Waals surface area contributed by atoms with Crippen molar-refractivity contribution in [2.24, 2.45) is 0 Å². The summed E-state index contributed by atoms with van der Waals surface area (Å²) in [7, 11) is -4.78. The second kappa shape index (κ2) is 58.8. The standard InChI is InChI=1S/C66H107O11P/c1-4-7-10-13-16-19-22-25-28-31-34-37-40-43-46-49-52-55-64(68)73-59-63(77-66(70)57-54-51-48-45-42-39-36-33-30-27-24-21-18-15-12-9-6-3)61-75-78(71,72)74-60-62(58-67)76-65(69)56-53-50-47-44-41-38-35-32-29-26-23-20-17-14-11-8-5-2/h7-12,16-21,25-30,34,37,43,46,62-63,67H,4-6,13-15,22-24,31-33,35-36,38-42,44-45,47-61H2,1-3H3,(H,71,72)/b10-7-,11-8-,12-9-,19-16-,20-17-,21-18-,28-25-,29-26-,30-27-,37-34-,46-43-. The zero-order chi connectivity index (χ0) is 56.9. The largest absolute Gasteiger partial charge is 0.472 e. The van der Waals surface area contributed by atoms with Crippen LogP contribution in [0.15, 0.2) is 134 Å². The normalized spacial score (nSPS) is 14.3. The Labute approximate surface area is 474 Å². The third kappa shape index (κ3) is 56.3. The van der Waals surface area contributed by atoms with Gasteiger partial charge in [0, 0.05) is 19.3 Å². The number of rotatable bonds is 54. The Bertz CT molecular complexity index is 1820. The van der Waals surface area contributed by atoms with E-state index in [4.69, 9.17) is 23.3 Å². The van der Waals surface area contributed by atoms with E-state index in [0.717, 1.165) is 154 Å². The highest BCUT2D eigenvalue weighted by molar-refractivity contribution is 7.47. The van der Waals surface area contributed by atoms with Gasteiger partial charge in [0.15, 0.2) is 6.10 Å². The summed E-state index contributed by atoms with van der Waals surface area (Å²) in [6.45, 7) is 4.22. The van der Waals surface area contributed by atoms with Crippen LogP contribution in [0.1, 0.15) is 226 Å². The van der Waals surface area contributed by atoms with Gasteiger partial charge in [-0.05, 0) is 122 Å². The van der Waals surface area contributed by atoms with Gasteiger partial charge in [0.1, 0.15) is 12.7 Å². The Hall–Kier alpha value is -4.38. The number of carbonyl (C=O) groups is 3. The molecule has 0 radical (unpaired) electrons. The van der Waals surface area contributed by atoms with Crippen molar-refractivity contribution in [2.75, 3.05) is 26.4 Å². The molecule has 3 atom stereocenters. The molecule has 0 bridgehead atoms. The molecule has 0 aromatic rings. The monoisotopic (exact) mass is 1110 g/mol. The van der Waals surface area contributed by atoms with E-state index in [-0.39, 0.29) is 25.9 Å². The molecular weight excluding hydrogens is 1000 g/mol. The summed E-state index contributed by atoms with van der Waals surface area (Å²) in [5.41, 5.74) is 0. The fourth-order valence-corrected chi connectivity index (χ4v) is 8.38. The lowest BCUT2D eigenvalue weighted by Crippen LogP contribution is -2.30. The molecule has 0 fully saturated rings. The third-order valence-corrected chi connectivity index (χ3v) is 13.0. The molecule has 0 spiro atoms. The Kier molecular flexibility index (Phi) is 55.5. The molecule has 11 nitrogen and oxygen atoms in total. The second-order valence-corrected chi connectivity index (χ2v) is 20.8. The van der Waals surface area contributed by atoms with Crippen LogP contribution >= 0.6 is 7.82 Å². The number of hydrogen-bond donors (Lipinski definition) is 2. The maximum absolute atomic E-state index is 12.9. The summed E-state index contributed by atoms with van der Waals surface area (Å²) in [5, 5.41) is 9.84. The first-order chi connectivity index (χ1) is 38.2. The molecule has 0 amide bonds. The molecule has 2 N–H and O–H groups in total. The minimum Gasteiger partial charge on any atom is -0.462 e. The lowest BCUT2D eigenvalue weighted by atomic mass is 10.1. The molecule has 0 heterocycles. The molecule has 0 aromatic heterocycles. The molecule has 0 saturated carbocycles. The molecule has 0 saturated heterocycles. The van der Waals surface area contributed by atoms with Crippen LogP contribution in [-0.4, -0.2) is 66.5 Å². The molecule has 0 aromatic carbocycles. The second-order valence-electron chi connectivity index (χ2n) is 19.4. The van der Waals surface area contributed by atoms with Crippen LogP contribution in [0.5, 0.6) is 0 Å². The average molecular weight is 1110 g/mol. The van der Waals surface area contributed by atoms with Gasteiger partial charge in [0.25, 0.3) is 0 Å². The lowest BCUT2D eigenvalue weighted by molar-refractivity contribution is -0.161. The number of carbonyl (C=O) groups excluding carboxylic acids is 3. The fourth-order valence-electron chi connectivity index (χ4n) is 7.60. The molecule has 0 aliphatic rings. The highest BCUT2D eigenvalue weighted by Crippen LogP contribution is 2.43. The number of allylic oxidation sites excluding steroid dienone is 22. The van der Waals surface area contributed by atoms with E-state index < -0.39 is 57.8 Å². The number of ether oxygens (including phenoxy) is 3. The van der Waals surface area contributed by atoms with E-state index in [9.17, 15) is 28.9 Å². The van der Waals surface area contributed by atoms with Gasteiger partial charge in [0.05, 0.1) is 19.8 Å². The molecule has 0 aliphatic heterocycles. The van der Waals surface area contributed by atoms with Gasteiger partial charge < -0.3 is 24.2 Å². The van der Waals surface area contributed by atoms with Crippen LogP contribution in [0.25, 0.3) is 0 Å². The average Bonchev–Trinajstić information content (AvgIpc) is 3.43. The van der Waals surface area contributed by atoms with E-state index in [0.29, 0.717) is 25.7 Å². The number of esters is 3. The van der Waals surface area contributed by atoms with E-state index in [1.807, 2.05) is 6.08 Å². The van der Waals surface area contributed by atoms with Crippen LogP contribution in [0.3, 0.4) is 0 Å². The van der Waals surface area contributed by atoms with Crippen LogP contribution in [0, 0.1) is 0 Å². The number of phosphoric ester groups is 1. The van der Waals surface area contributed by atoms with Crippen molar-refractivity contribution in [3.8, 4) is 0 Å². The van der Waals surface area contributed by atoms with Crippen molar-refractivity contribution in [3.63, 3.8) is 0 Å². The zero-order valence-electron chi connectivity index (χ0n) is 48.8. The summed E-state index contributed by atoms with van der Waals surface area (Å²) < 4.78 is 39.5. The van der Waals surface area contributed by atoms with Crippen molar-refractivity contribution in [1.29, 1.82) is 0 Å². The predicted molar refractivity (Wildman–Crippen MR) is 325 cm³/mol. The molecule has 3 unspecified atom stereocenters. The van der Waals surface area contributed by atoms with Crippen molar-refractivity contribution in [1.82, 2.24) is 0 Å². The first-order valence-electron chi connectivity index (χ1n) is 30.1. The fraction of sp³-hybridized carbons (Fsp3) is 0.621. The van der Waals surface area contributed by atoms with E-state index in [2.05, 4.69) is 148 Å². The lowest BCUT2D eigenvalue weighted by Gasteiger charge is -2.21. The first-order valence-corrected chi connectivity index (χ1v) is 31.6. The number of aliphatic hydroxyl groups is 1. The van der Waals surface area contributed by atoms with E-state index >= 15 is 0 Å². The SMILES string of the molecule is CC/C=C\C/C=C\C/C=C\C/C=C\C/C=C\CCCC(=O)OCC(COP(=O)(O)OCC(CO)OC(=O)CCCCCCCCC/C=C\C/C=C\C/C=C\CC)OC(=O)CCCCCCCCC/C=C\C/C=C\C/C=C\CC. The molecule has 12 heteroatoms. The third-order valence-electron chi connectivity index (χ3n) is 12.1. The summed E-state index contributed by atoms with van der Waals surface area (Å²) in [6, 6.07) is 0. The highest BCUT2D eigenvalue weighted by Gasteiger charge is 2.28. The van der Waals surface area contributed by atoms with Gasteiger partial charge in [-0.15, -0.1) is 0 Å². The topological polar surface area (TPSA) is 155 Å². The number of aliphatic hydroxyl groups excluding tert-OH is 1. The molecule has 0 rings (SSSR count). The smallest absolute Gasteiger partial charge is 0.462 e. The number of unbranched alkanes of at least 4 members (excludes halogenated alkanes) is 15. The first kappa shape index (κ1) is 73.6. The van der Waals surface area contributed by atoms with Gasteiger partial charge in [-0.25, -0.2) is 4.57 Å². The van der Waals surface area contributed by atoms with Crippen molar-refractivity contribution in [3.05, 3.63) is 134 Å². The quantitative estimate of drug-likeness (QED) is 0.0197. The molecular formula is C66H107O11P. The van der Waals surface area contributed by atoms with Crippen LogP contribution in [0.4, 0.5) is 0 Å². The molecule has 78 heavy (non-hydrogen) atoms. The summed E-state index contributed by atoms with van der Waals surface area (Å²) in [6.07, 6.45) is 74.1. The maximum atomic E-state index is 12.9. The predicted octanol–water partition coefficient (Wildman–Crippen LogP) is 18.1. The van der Waals surface area contributed by atoms with Crippen molar-refractivity contribution in [2.45, 2.75) is 238 Å². The van der Waals surface area contributed by atoms with Gasteiger partial charge in [-0.2, -0.15) is 0 Å². The summed E-state index contributed by atoms with van der Waals surface area (Å²) >= 11 is 0. The Morgan fingerprint density at radius 3 is 1.00 bits per heavy atom. The number of hydrogen-bond acceptors (Lipinski definition) is 10. The van der Waals surface area contributed by atoms with Gasteiger partial charge >= 0.3 is 25.7 Å². The Balaban J connectivity index is 4.82. The van der Waals surface area contributed by atoms with Crippen LogP contribution in [0.2, 0.25) is 0 Å². The van der Waals surface area contributed by atoms with E-state index in [1.54, 1.807) is 0 Å². The minimum atomic E-state index is -4.78. The molecule has 0 aliphatic carbocycles. The summed E-state index contributed by atoms with van der Waals surface area (Å²) in [4.78, 5) is 48.6. The van der Waals surface area contributed by atoms with Crippen LogP contribution < -0.4 is 0 Å². The van der Waals surface area contributed by atoms with E-state index in [1.165, 1.54) is 6.42 Å². The van der Waals surface area contributed by atoms with Gasteiger partial charge in [-0.3, -0.25) is 23.4 Å². The molecule has 442 valence electrons. The summed E-state index contributed by atoms with van der Waals surface area (Å²) in [5.74, 6) is -1.57. The highest BCUT2D eigenvalue weighted by atomic mass is 31.2. The minimum absolute atomic E-state index is 0.136. The maximum Gasteiger partial charge on any atom is 0.472 e. The Morgan fingerprint density at radius 1 is 0.359 bits per heavy atom. The Morgan fingerprint density at radius 2 is 0.641 bits per heavy atom. The van der Waals surface area contributed by atoms with Gasteiger partial charge in [-0.1, -0.05) is 219 Å².